The lowest BCUT2D eigenvalue weighted by Gasteiger charge is -2.32. The van der Waals surface area contributed by atoms with E-state index in [0.717, 1.165) is 19.2 Å². The first-order valence-electron chi connectivity index (χ1n) is 7.67. The minimum Gasteiger partial charge on any atom is -0.462 e. The Bertz CT molecular complexity index is 861. The summed E-state index contributed by atoms with van der Waals surface area (Å²) in [6, 6.07) is 0. The van der Waals surface area contributed by atoms with Gasteiger partial charge in [0.2, 0.25) is 0 Å². The number of esters is 1. The molecule has 0 unspecified atom stereocenters. The highest BCUT2D eigenvalue weighted by atomic mass is 32.1. The van der Waals surface area contributed by atoms with E-state index in [4.69, 9.17) is 0 Å². The number of alkyl halides is 9. The molecule has 0 aromatic carbocycles. The Morgan fingerprint density at radius 2 is 1.47 bits per heavy atom. The Kier molecular flexibility index (Phi) is 6.92. The predicted octanol–water partition coefficient (Wildman–Crippen LogP) is 4.84. The number of Topliss-reactive ketones (excluding diaryl/α,β-unsaturated/α-hetero) is 1. The number of nitrogens with one attached hydrogen (secondary N) is 1. The van der Waals surface area contributed by atoms with Crippen molar-refractivity contribution in [3.8, 4) is 0 Å². The van der Waals surface area contributed by atoms with Crippen LogP contribution in [-0.4, -0.2) is 48.2 Å². The number of ether oxygens (including phenoxy) is 1. The van der Waals surface area contributed by atoms with Crippen LogP contribution in [0, 0.1) is 6.92 Å². The van der Waals surface area contributed by atoms with Crippen LogP contribution in [-0.2, 0) is 9.53 Å². The van der Waals surface area contributed by atoms with Gasteiger partial charge in [0.1, 0.15) is 5.00 Å². The van der Waals surface area contributed by atoms with Crippen molar-refractivity contribution in [1.82, 2.24) is 0 Å². The zero-order valence-corrected chi connectivity index (χ0v) is 16.0. The molecular weight excluding hydrogens is 461 g/mol. The quantitative estimate of drug-likeness (QED) is 0.350. The van der Waals surface area contributed by atoms with Crippen molar-refractivity contribution in [3.05, 3.63) is 16.0 Å². The molecule has 0 atom stereocenters. The van der Waals surface area contributed by atoms with Gasteiger partial charge in [-0.05, 0) is 26.3 Å². The van der Waals surface area contributed by atoms with E-state index in [9.17, 15) is 53.9 Å². The Balaban J connectivity index is 3.46. The largest absolute Gasteiger partial charge is 0.462 e. The summed E-state index contributed by atoms with van der Waals surface area (Å²) in [4.78, 5) is 34.8. The summed E-state index contributed by atoms with van der Waals surface area (Å²) in [5, 5.41) is 0.0659. The fraction of sp³-hybridized carbons (Fsp3) is 0.533. The van der Waals surface area contributed by atoms with Crippen molar-refractivity contribution >= 4 is 34.0 Å². The minimum absolute atomic E-state index is 0.146. The molecule has 0 bridgehead atoms. The molecule has 0 saturated carbocycles. The molecule has 0 spiro atoms. The van der Waals surface area contributed by atoms with E-state index in [0.29, 0.717) is 0 Å². The lowest BCUT2D eigenvalue weighted by atomic mass is 10.0. The monoisotopic (exact) mass is 473 g/mol. The summed E-state index contributed by atoms with van der Waals surface area (Å²) >= 11 is 0.146. The molecule has 0 radical (unpaired) electrons. The van der Waals surface area contributed by atoms with Gasteiger partial charge >= 0.3 is 35.8 Å². The normalized spacial score (nSPS) is 13.2. The van der Waals surface area contributed by atoms with Crippen LogP contribution in [0.2, 0.25) is 0 Å². The lowest BCUT2D eigenvalue weighted by Crippen LogP contribution is -2.64. The van der Waals surface area contributed by atoms with Crippen LogP contribution in [0.4, 0.5) is 44.5 Å². The molecule has 170 valence electrons. The van der Waals surface area contributed by atoms with Gasteiger partial charge in [-0.15, -0.1) is 11.3 Å². The van der Waals surface area contributed by atoms with Crippen LogP contribution in [0.15, 0.2) is 0 Å². The lowest BCUT2D eigenvalue weighted by molar-refractivity contribution is -0.388. The molecule has 0 fully saturated rings. The molecular formula is C15H12F9NO4S. The van der Waals surface area contributed by atoms with E-state index in [1.165, 1.54) is 6.92 Å². The van der Waals surface area contributed by atoms with Crippen LogP contribution < -0.4 is 5.32 Å². The van der Waals surface area contributed by atoms with E-state index in [1.807, 2.05) is 0 Å². The first-order chi connectivity index (χ1) is 13.3. The summed E-state index contributed by atoms with van der Waals surface area (Å²) in [7, 11) is 0. The molecule has 0 aliphatic carbocycles. The Morgan fingerprint density at radius 3 is 1.87 bits per heavy atom. The maximum Gasteiger partial charge on any atom is 0.460 e. The Hall–Kier alpha value is -2.32. The summed E-state index contributed by atoms with van der Waals surface area (Å²) in [6.45, 7) is 3.12. The number of hydrogen-bond donors (Lipinski definition) is 1. The molecule has 0 aliphatic rings. The van der Waals surface area contributed by atoms with E-state index in [1.54, 1.807) is 0 Å². The van der Waals surface area contributed by atoms with Crippen molar-refractivity contribution < 1.29 is 58.6 Å². The molecule has 30 heavy (non-hydrogen) atoms. The number of thiophene rings is 1. The fourth-order valence-electron chi connectivity index (χ4n) is 2.09. The van der Waals surface area contributed by atoms with Gasteiger partial charge in [0, 0.05) is 0 Å². The van der Waals surface area contributed by atoms with Crippen LogP contribution in [0.3, 0.4) is 0 Å². The zero-order chi connectivity index (χ0) is 23.9. The molecule has 1 N–H and O–H groups in total. The first kappa shape index (κ1) is 25.7. The predicted molar refractivity (Wildman–Crippen MR) is 84.5 cm³/mol. The van der Waals surface area contributed by atoms with Gasteiger partial charge in [-0.1, -0.05) is 0 Å². The number of amides is 1. The standard InChI is InChI=1S/C15H12F9NO4S/c1-4-29-10(27)7-5(2)8(6(3)26)30-9(7)25-11(28)12(16,17)13(18,19)14(20,21)15(22,23)24/h4H2,1-3H3,(H,25,28). The van der Waals surface area contributed by atoms with Gasteiger partial charge < -0.3 is 10.1 Å². The topological polar surface area (TPSA) is 72.5 Å². The highest BCUT2D eigenvalue weighted by Crippen LogP contribution is 2.53. The number of carbonyl (C=O) groups is 3. The van der Waals surface area contributed by atoms with E-state index >= 15 is 0 Å². The second kappa shape index (κ2) is 8.07. The average Bonchev–Trinajstić information content (AvgIpc) is 2.90. The summed E-state index contributed by atoms with van der Waals surface area (Å²) in [6.07, 6.45) is -7.10. The molecule has 1 aromatic rings. The van der Waals surface area contributed by atoms with Gasteiger partial charge in [-0.3, -0.25) is 9.59 Å². The summed E-state index contributed by atoms with van der Waals surface area (Å²) in [5.74, 6) is -26.3. The average molecular weight is 473 g/mol. The van der Waals surface area contributed by atoms with Gasteiger partial charge in [-0.25, -0.2) is 4.79 Å². The third-order valence-electron chi connectivity index (χ3n) is 3.60. The van der Waals surface area contributed by atoms with Gasteiger partial charge in [0.25, 0.3) is 0 Å². The fourth-order valence-corrected chi connectivity index (χ4v) is 3.17. The number of ketones is 1. The minimum atomic E-state index is -7.26. The second-order valence-corrected chi connectivity index (χ2v) is 6.73. The van der Waals surface area contributed by atoms with Crippen LogP contribution in [0.5, 0.6) is 0 Å². The van der Waals surface area contributed by atoms with Crippen molar-refractivity contribution in [3.63, 3.8) is 0 Å². The summed E-state index contributed by atoms with van der Waals surface area (Å²) < 4.78 is 121. The molecule has 1 aromatic heterocycles. The summed E-state index contributed by atoms with van der Waals surface area (Å²) in [5.41, 5.74) is -0.931. The molecule has 0 aliphatic heterocycles. The number of halogens is 9. The third-order valence-corrected chi connectivity index (χ3v) is 4.91. The molecule has 0 saturated heterocycles. The highest BCUT2D eigenvalue weighted by molar-refractivity contribution is 7.18. The zero-order valence-electron chi connectivity index (χ0n) is 15.2. The van der Waals surface area contributed by atoms with Crippen molar-refractivity contribution in [1.29, 1.82) is 0 Å². The van der Waals surface area contributed by atoms with E-state index < -0.39 is 52.2 Å². The first-order valence-corrected chi connectivity index (χ1v) is 8.49. The van der Waals surface area contributed by atoms with Crippen LogP contribution in [0.25, 0.3) is 0 Å². The maximum absolute atomic E-state index is 13.7. The van der Waals surface area contributed by atoms with Crippen molar-refractivity contribution in [2.75, 3.05) is 11.9 Å². The molecule has 1 amide bonds. The maximum atomic E-state index is 13.7. The molecule has 5 nitrogen and oxygen atoms in total. The highest BCUT2D eigenvalue weighted by Gasteiger charge is 2.83. The number of hydrogen-bond acceptors (Lipinski definition) is 5. The van der Waals surface area contributed by atoms with Crippen molar-refractivity contribution in [2.45, 2.75) is 44.7 Å². The van der Waals surface area contributed by atoms with E-state index in [-0.39, 0.29) is 28.4 Å². The van der Waals surface area contributed by atoms with Gasteiger partial charge in [0.05, 0.1) is 17.0 Å². The number of anilines is 1. The SMILES string of the molecule is CCOC(=O)c1c(NC(=O)C(F)(F)C(F)(F)C(F)(F)C(F)(F)F)sc(C(C)=O)c1C. The smallest absolute Gasteiger partial charge is 0.460 e. The van der Waals surface area contributed by atoms with Crippen LogP contribution >= 0.6 is 11.3 Å². The Labute approximate surface area is 166 Å². The molecule has 1 rings (SSSR count). The second-order valence-electron chi connectivity index (χ2n) is 5.71. The molecule has 15 heteroatoms. The van der Waals surface area contributed by atoms with Crippen molar-refractivity contribution in [2.24, 2.45) is 0 Å². The Morgan fingerprint density at radius 1 is 0.967 bits per heavy atom. The van der Waals surface area contributed by atoms with Gasteiger partial charge in [0.15, 0.2) is 5.78 Å². The van der Waals surface area contributed by atoms with Gasteiger partial charge in [-0.2, -0.15) is 39.5 Å². The van der Waals surface area contributed by atoms with E-state index in [2.05, 4.69) is 4.74 Å². The number of rotatable bonds is 7. The third kappa shape index (κ3) is 4.11. The van der Waals surface area contributed by atoms with Crippen LogP contribution in [0.1, 0.15) is 39.4 Å². The number of carbonyl (C=O) groups excluding carboxylic acids is 3. The molecule has 1 heterocycles.